The summed E-state index contributed by atoms with van der Waals surface area (Å²) in [5, 5.41) is 3.63. The van der Waals surface area contributed by atoms with Crippen LogP contribution in [0.2, 0.25) is 0 Å². The fourth-order valence-corrected chi connectivity index (χ4v) is 3.22. The highest BCUT2D eigenvalue weighted by atomic mass is 32.2. The lowest BCUT2D eigenvalue weighted by Crippen LogP contribution is -2.26. The Kier molecular flexibility index (Phi) is 2.45. The third-order valence-electron chi connectivity index (χ3n) is 3.03. The van der Waals surface area contributed by atoms with Gasteiger partial charge in [-0.3, -0.25) is 0 Å². The van der Waals surface area contributed by atoms with Crippen molar-refractivity contribution < 1.29 is 4.39 Å². The van der Waals surface area contributed by atoms with Gasteiger partial charge < -0.3 is 5.32 Å². The van der Waals surface area contributed by atoms with Gasteiger partial charge in [-0.05, 0) is 42.7 Å². The van der Waals surface area contributed by atoms with Gasteiger partial charge in [0.15, 0.2) is 0 Å². The van der Waals surface area contributed by atoms with E-state index in [1.165, 1.54) is 24.8 Å². The Bertz CT molecular complexity index is 376. The fourth-order valence-electron chi connectivity index (χ4n) is 2.07. The number of hydrogen-bond donors (Lipinski definition) is 1. The van der Waals surface area contributed by atoms with Crippen LogP contribution in [0.5, 0.6) is 0 Å². The van der Waals surface area contributed by atoms with Crippen LogP contribution in [0.25, 0.3) is 0 Å². The molecular weight excluding hydrogens is 209 g/mol. The van der Waals surface area contributed by atoms with Crippen molar-refractivity contribution in [2.75, 3.05) is 5.75 Å². The van der Waals surface area contributed by atoms with E-state index in [2.05, 4.69) is 5.32 Å². The van der Waals surface area contributed by atoms with E-state index >= 15 is 0 Å². The summed E-state index contributed by atoms with van der Waals surface area (Å²) in [7, 11) is 0. The molecule has 15 heavy (non-hydrogen) atoms. The highest BCUT2D eigenvalue weighted by molar-refractivity contribution is 7.99. The average molecular weight is 223 g/mol. The van der Waals surface area contributed by atoms with E-state index in [-0.39, 0.29) is 5.82 Å². The van der Waals surface area contributed by atoms with Crippen molar-refractivity contribution in [2.24, 2.45) is 0 Å². The van der Waals surface area contributed by atoms with Crippen LogP contribution in [0.3, 0.4) is 0 Å². The summed E-state index contributed by atoms with van der Waals surface area (Å²) >= 11 is 1.77. The number of thioether (sulfide) groups is 1. The molecule has 1 saturated carbocycles. The molecule has 1 aliphatic carbocycles. The van der Waals surface area contributed by atoms with Crippen molar-refractivity contribution in [3.8, 4) is 0 Å². The molecule has 0 aromatic heterocycles. The maximum Gasteiger partial charge on any atom is 0.124 e. The molecule has 0 saturated heterocycles. The lowest BCUT2D eigenvalue weighted by molar-refractivity contribution is 0.504. The Morgan fingerprint density at radius 1 is 1.27 bits per heavy atom. The number of benzene rings is 1. The number of fused-ring (bicyclic) bond motifs is 1. The minimum Gasteiger partial charge on any atom is -0.307 e. The SMILES string of the molecule is Fc1ccc2c(c1)SCCC2NC1CC1. The second-order valence-electron chi connectivity index (χ2n) is 4.31. The van der Waals surface area contributed by atoms with Gasteiger partial charge in [-0.15, -0.1) is 11.8 Å². The maximum atomic E-state index is 13.1. The molecule has 0 radical (unpaired) electrons. The Hall–Kier alpha value is -0.540. The van der Waals surface area contributed by atoms with Crippen molar-refractivity contribution in [3.63, 3.8) is 0 Å². The Morgan fingerprint density at radius 2 is 2.13 bits per heavy atom. The molecular formula is C12H14FNS. The van der Waals surface area contributed by atoms with E-state index in [1.807, 2.05) is 6.07 Å². The predicted octanol–water partition coefficient (Wildman–Crippen LogP) is 3.11. The third-order valence-corrected chi connectivity index (χ3v) is 4.13. The van der Waals surface area contributed by atoms with Gasteiger partial charge in [0, 0.05) is 17.0 Å². The van der Waals surface area contributed by atoms with Gasteiger partial charge in [-0.1, -0.05) is 6.07 Å². The smallest absolute Gasteiger partial charge is 0.124 e. The highest BCUT2D eigenvalue weighted by Crippen LogP contribution is 2.38. The molecule has 0 bridgehead atoms. The second-order valence-corrected chi connectivity index (χ2v) is 5.45. The molecule has 80 valence electrons. The van der Waals surface area contributed by atoms with Crippen LogP contribution < -0.4 is 5.32 Å². The molecule has 1 aliphatic heterocycles. The van der Waals surface area contributed by atoms with Crippen LogP contribution in [0.4, 0.5) is 4.39 Å². The summed E-state index contributed by atoms with van der Waals surface area (Å²) in [6, 6.07) is 6.36. The van der Waals surface area contributed by atoms with Gasteiger partial charge in [-0.2, -0.15) is 0 Å². The summed E-state index contributed by atoms with van der Waals surface area (Å²) in [4.78, 5) is 1.12. The molecule has 3 rings (SSSR count). The molecule has 1 unspecified atom stereocenters. The molecule has 1 heterocycles. The summed E-state index contributed by atoms with van der Waals surface area (Å²) in [6.07, 6.45) is 3.78. The third kappa shape index (κ3) is 2.04. The van der Waals surface area contributed by atoms with Crippen LogP contribution in [0, 0.1) is 5.82 Å². The van der Waals surface area contributed by atoms with Gasteiger partial charge >= 0.3 is 0 Å². The Balaban J connectivity index is 1.87. The molecule has 1 N–H and O–H groups in total. The number of halogens is 1. The minimum atomic E-state index is -0.117. The molecule has 0 amide bonds. The molecule has 1 aromatic carbocycles. The van der Waals surface area contributed by atoms with E-state index in [0.29, 0.717) is 6.04 Å². The number of nitrogens with one attached hydrogen (secondary N) is 1. The number of hydrogen-bond acceptors (Lipinski definition) is 2. The molecule has 1 nitrogen and oxygen atoms in total. The Labute approximate surface area is 93.4 Å². The molecule has 1 aromatic rings. The normalized spacial score (nSPS) is 25.0. The molecule has 1 fully saturated rings. The summed E-state index contributed by atoms with van der Waals surface area (Å²) in [5.41, 5.74) is 1.29. The van der Waals surface area contributed by atoms with E-state index in [0.717, 1.165) is 16.7 Å². The predicted molar refractivity (Wildman–Crippen MR) is 60.6 cm³/mol. The van der Waals surface area contributed by atoms with Crippen molar-refractivity contribution in [2.45, 2.75) is 36.2 Å². The lowest BCUT2D eigenvalue weighted by atomic mass is 10.0. The average Bonchev–Trinajstić information content (AvgIpc) is 3.01. The van der Waals surface area contributed by atoms with Gasteiger partial charge in [0.25, 0.3) is 0 Å². The lowest BCUT2D eigenvalue weighted by Gasteiger charge is -2.26. The van der Waals surface area contributed by atoms with Crippen molar-refractivity contribution in [1.29, 1.82) is 0 Å². The fraction of sp³-hybridized carbons (Fsp3) is 0.500. The van der Waals surface area contributed by atoms with Crippen molar-refractivity contribution >= 4 is 11.8 Å². The van der Waals surface area contributed by atoms with Crippen LogP contribution in [-0.2, 0) is 0 Å². The Morgan fingerprint density at radius 3 is 2.93 bits per heavy atom. The summed E-state index contributed by atoms with van der Waals surface area (Å²) in [6.45, 7) is 0. The highest BCUT2D eigenvalue weighted by Gasteiger charge is 2.28. The zero-order valence-electron chi connectivity index (χ0n) is 8.50. The van der Waals surface area contributed by atoms with E-state index in [9.17, 15) is 4.39 Å². The quantitative estimate of drug-likeness (QED) is 0.826. The molecule has 0 spiro atoms. The maximum absolute atomic E-state index is 13.1. The summed E-state index contributed by atoms with van der Waals surface area (Å²) < 4.78 is 13.1. The van der Waals surface area contributed by atoms with Gasteiger partial charge in [0.05, 0.1) is 0 Å². The molecule has 3 heteroatoms. The van der Waals surface area contributed by atoms with Gasteiger partial charge in [-0.25, -0.2) is 4.39 Å². The zero-order valence-corrected chi connectivity index (χ0v) is 9.32. The topological polar surface area (TPSA) is 12.0 Å². The van der Waals surface area contributed by atoms with Crippen LogP contribution in [0.15, 0.2) is 23.1 Å². The van der Waals surface area contributed by atoms with E-state index < -0.39 is 0 Å². The van der Waals surface area contributed by atoms with E-state index in [1.54, 1.807) is 23.9 Å². The molecule has 1 atom stereocenters. The second kappa shape index (κ2) is 3.80. The van der Waals surface area contributed by atoms with Crippen molar-refractivity contribution in [1.82, 2.24) is 5.32 Å². The summed E-state index contributed by atoms with van der Waals surface area (Å²) in [5.74, 6) is 0.981. The number of rotatable bonds is 2. The van der Waals surface area contributed by atoms with Crippen LogP contribution in [-0.4, -0.2) is 11.8 Å². The first-order chi connectivity index (χ1) is 7.33. The minimum absolute atomic E-state index is 0.117. The first kappa shape index (κ1) is 9.67. The molecule has 2 aliphatic rings. The van der Waals surface area contributed by atoms with Crippen LogP contribution >= 0.6 is 11.8 Å². The van der Waals surface area contributed by atoms with Gasteiger partial charge in [0.1, 0.15) is 5.82 Å². The monoisotopic (exact) mass is 223 g/mol. The first-order valence-corrected chi connectivity index (χ1v) is 6.50. The standard InChI is InChI=1S/C12H14FNS/c13-8-1-4-10-11(14-9-2-3-9)5-6-15-12(10)7-8/h1,4,7,9,11,14H,2-3,5-6H2. The largest absolute Gasteiger partial charge is 0.307 e. The van der Waals surface area contributed by atoms with Crippen molar-refractivity contribution in [3.05, 3.63) is 29.6 Å². The van der Waals surface area contributed by atoms with Gasteiger partial charge in [0.2, 0.25) is 0 Å². The first-order valence-electron chi connectivity index (χ1n) is 5.51. The van der Waals surface area contributed by atoms with E-state index in [4.69, 9.17) is 0 Å². The zero-order chi connectivity index (χ0) is 10.3. The van der Waals surface area contributed by atoms with Crippen LogP contribution in [0.1, 0.15) is 30.9 Å².